The number of piperazine rings is 1. The average molecular weight is 471 g/mol. The topological polar surface area (TPSA) is 87.6 Å². The number of hydrogen-bond donors (Lipinski definition) is 1. The minimum absolute atomic E-state index is 0.0266. The molecule has 0 unspecified atom stereocenters. The van der Waals surface area contributed by atoms with E-state index in [0.29, 0.717) is 55.1 Å². The first-order valence-electron chi connectivity index (χ1n) is 11.6. The summed E-state index contributed by atoms with van der Waals surface area (Å²) in [5.41, 5.74) is 2.77. The van der Waals surface area contributed by atoms with Crippen LogP contribution in [0.3, 0.4) is 0 Å². The van der Waals surface area contributed by atoms with Gasteiger partial charge in [0.2, 0.25) is 5.91 Å². The van der Waals surface area contributed by atoms with E-state index in [4.69, 9.17) is 4.74 Å². The van der Waals surface area contributed by atoms with E-state index in [-0.39, 0.29) is 24.0 Å². The molecular weight excluding hydrogens is 444 g/mol. The summed E-state index contributed by atoms with van der Waals surface area (Å²) in [6.45, 7) is 2.19. The van der Waals surface area contributed by atoms with Crippen molar-refractivity contribution in [1.82, 2.24) is 19.4 Å². The highest BCUT2D eigenvalue weighted by Gasteiger charge is 2.25. The largest absolute Gasteiger partial charge is 0.489 e. The lowest BCUT2D eigenvalue weighted by molar-refractivity contribution is -0.133. The van der Waals surface area contributed by atoms with Gasteiger partial charge in [0.25, 0.3) is 5.91 Å². The van der Waals surface area contributed by atoms with Gasteiger partial charge in [-0.2, -0.15) is 0 Å². The van der Waals surface area contributed by atoms with Gasteiger partial charge in [0.15, 0.2) is 0 Å². The molecular formula is C27H26N4O4. The van der Waals surface area contributed by atoms with Gasteiger partial charge in [-0.25, -0.2) is 4.79 Å². The van der Waals surface area contributed by atoms with Gasteiger partial charge in [0.05, 0.1) is 11.0 Å². The first-order valence-corrected chi connectivity index (χ1v) is 11.6. The Bertz CT molecular complexity index is 1380. The normalized spacial score (nSPS) is 13.7. The molecule has 178 valence electrons. The maximum atomic E-state index is 12.9. The van der Waals surface area contributed by atoms with Gasteiger partial charge in [-0.15, -0.1) is 0 Å². The van der Waals surface area contributed by atoms with Gasteiger partial charge in [0, 0.05) is 31.7 Å². The number of benzene rings is 3. The Morgan fingerprint density at radius 1 is 0.800 bits per heavy atom. The third-order valence-corrected chi connectivity index (χ3v) is 6.24. The number of rotatable bonds is 6. The molecule has 1 aliphatic rings. The van der Waals surface area contributed by atoms with E-state index in [9.17, 15) is 14.4 Å². The van der Waals surface area contributed by atoms with Gasteiger partial charge in [0.1, 0.15) is 18.9 Å². The fourth-order valence-electron chi connectivity index (χ4n) is 4.28. The number of nitrogens with one attached hydrogen (secondary N) is 1. The molecule has 5 rings (SSSR count). The number of para-hydroxylation sites is 2. The number of aromatic nitrogens is 2. The molecule has 1 N–H and O–H groups in total. The molecule has 0 bridgehead atoms. The molecule has 0 aliphatic carbocycles. The number of nitrogens with zero attached hydrogens (tertiary/aromatic N) is 3. The lowest BCUT2D eigenvalue weighted by atomic mass is 10.1. The Kier molecular flexibility index (Phi) is 6.34. The van der Waals surface area contributed by atoms with Gasteiger partial charge in [-0.1, -0.05) is 42.5 Å². The zero-order valence-corrected chi connectivity index (χ0v) is 19.2. The van der Waals surface area contributed by atoms with Crippen molar-refractivity contribution in [1.29, 1.82) is 0 Å². The summed E-state index contributed by atoms with van der Waals surface area (Å²) < 4.78 is 7.25. The molecule has 1 aromatic heterocycles. The van der Waals surface area contributed by atoms with E-state index in [2.05, 4.69) is 4.98 Å². The maximum Gasteiger partial charge on any atom is 0.326 e. The van der Waals surface area contributed by atoms with Gasteiger partial charge in [-0.05, 0) is 42.0 Å². The average Bonchev–Trinajstić information content (AvgIpc) is 3.22. The van der Waals surface area contributed by atoms with Crippen LogP contribution in [-0.4, -0.2) is 57.3 Å². The van der Waals surface area contributed by atoms with Crippen molar-refractivity contribution in [2.75, 3.05) is 26.2 Å². The van der Waals surface area contributed by atoms with Gasteiger partial charge in [-0.3, -0.25) is 14.2 Å². The van der Waals surface area contributed by atoms with E-state index >= 15 is 0 Å². The maximum absolute atomic E-state index is 12.9. The Hall–Kier alpha value is -4.33. The zero-order chi connectivity index (χ0) is 24.2. The number of carbonyl (C=O) groups is 2. The molecule has 3 aromatic carbocycles. The summed E-state index contributed by atoms with van der Waals surface area (Å²) in [4.78, 5) is 44.3. The Morgan fingerprint density at radius 3 is 2.20 bits per heavy atom. The third kappa shape index (κ3) is 4.96. The summed E-state index contributed by atoms with van der Waals surface area (Å²) in [6, 6.07) is 24.3. The number of hydrogen-bond acceptors (Lipinski definition) is 4. The Labute approximate surface area is 202 Å². The number of H-pyrrole nitrogens is 1. The highest BCUT2D eigenvalue weighted by molar-refractivity contribution is 5.94. The SMILES string of the molecule is O=C(Cn1c(=O)[nH]c2ccccc21)N1CCN(C(=O)c2ccc(OCc3ccccc3)cc2)CC1. The summed E-state index contributed by atoms with van der Waals surface area (Å²) >= 11 is 0. The standard InChI is InChI=1S/C27H26N4O4/c32-25(18-31-24-9-5-4-8-23(24)28-27(31)34)29-14-16-30(17-15-29)26(33)21-10-12-22(13-11-21)35-19-20-6-2-1-3-7-20/h1-13H,14-19H2,(H,28,34). The molecule has 0 saturated carbocycles. The van der Waals surface area contributed by atoms with E-state index in [1.807, 2.05) is 54.6 Å². The Balaban J connectivity index is 1.15. The molecule has 1 saturated heterocycles. The second-order valence-electron chi connectivity index (χ2n) is 8.51. The molecule has 8 heteroatoms. The van der Waals surface area contributed by atoms with E-state index in [0.717, 1.165) is 5.56 Å². The lowest BCUT2D eigenvalue weighted by Gasteiger charge is -2.35. The van der Waals surface area contributed by atoms with Crippen molar-refractivity contribution in [2.24, 2.45) is 0 Å². The van der Waals surface area contributed by atoms with Crippen LogP contribution in [-0.2, 0) is 17.9 Å². The van der Waals surface area contributed by atoms with Crippen molar-refractivity contribution < 1.29 is 14.3 Å². The van der Waals surface area contributed by atoms with Crippen molar-refractivity contribution in [3.63, 3.8) is 0 Å². The smallest absolute Gasteiger partial charge is 0.326 e. The van der Waals surface area contributed by atoms with Gasteiger partial charge >= 0.3 is 5.69 Å². The van der Waals surface area contributed by atoms with E-state index < -0.39 is 0 Å². The van der Waals surface area contributed by atoms with Crippen LogP contribution in [0.1, 0.15) is 15.9 Å². The molecule has 4 aromatic rings. The number of ether oxygens (including phenoxy) is 1. The van der Waals surface area contributed by atoms with Crippen LogP contribution in [0.15, 0.2) is 83.7 Å². The molecule has 2 amide bonds. The van der Waals surface area contributed by atoms with E-state index in [1.165, 1.54) is 4.57 Å². The van der Waals surface area contributed by atoms with Crippen molar-refractivity contribution in [2.45, 2.75) is 13.2 Å². The predicted molar refractivity (Wildman–Crippen MR) is 132 cm³/mol. The van der Waals surface area contributed by atoms with Crippen LogP contribution in [0.4, 0.5) is 0 Å². The second kappa shape index (κ2) is 9.89. The molecule has 8 nitrogen and oxygen atoms in total. The second-order valence-corrected chi connectivity index (χ2v) is 8.51. The monoisotopic (exact) mass is 470 g/mol. The highest BCUT2D eigenvalue weighted by Crippen LogP contribution is 2.17. The quantitative estimate of drug-likeness (QED) is 0.470. The number of carbonyl (C=O) groups excluding carboxylic acids is 2. The van der Waals surface area contributed by atoms with E-state index in [1.54, 1.807) is 34.1 Å². The van der Waals surface area contributed by atoms with Crippen LogP contribution < -0.4 is 10.4 Å². The van der Waals surface area contributed by atoms with Crippen LogP contribution >= 0.6 is 0 Å². The predicted octanol–water partition coefficient (Wildman–Crippen LogP) is 2.89. The molecule has 1 aliphatic heterocycles. The summed E-state index contributed by atoms with van der Waals surface area (Å²) in [7, 11) is 0. The first kappa shape index (κ1) is 22.5. The number of aromatic amines is 1. The molecule has 0 atom stereocenters. The van der Waals surface area contributed by atoms with Crippen LogP contribution in [0, 0.1) is 0 Å². The van der Waals surface area contributed by atoms with Crippen LogP contribution in [0.5, 0.6) is 5.75 Å². The molecule has 2 heterocycles. The van der Waals surface area contributed by atoms with Crippen molar-refractivity contribution in [3.05, 3.63) is 100 Å². The molecule has 1 fully saturated rings. The third-order valence-electron chi connectivity index (χ3n) is 6.24. The Morgan fingerprint density at radius 2 is 1.46 bits per heavy atom. The number of amides is 2. The molecule has 0 spiro atoms. The van der Waals surface area contributed by atoms with Crippen LogP contribution in [0.25, 0.3) is 11.0 Å². The summed E-state index contributed by atoms with van der Waals surface area (Å²) in [6.07, 6.45) is 0. The van der Waals surface area contributed by atoms with Crippen molar-refractivity contribution in [3.8, 4) is 5.75 Å². The minimum atomic E-state index is -0.301. The first-order chi connectivity index (χ1) is 17.1. The fourth-order valence-corrected chi connectivity index (χ4v) is 4.28. The minimum Gasteiger partial charge on any atom is -0.489 e. The summed E-state index contributed by atoms with van der Waals surface area (Å²) in [5, 5.41) is 0. The zero-order valence-electron chi connectivity index (χ0n) is 19.2. The lowest BCUT2D eigenvalue weighted by Crippen LogP contribution is -2.51. The summed E-state index contributed by atoms with van der Waals surface area (Å²) in [5.74, 6) is 0.497. The van der Waals surface area contributed by atoms with Crippen molar-refractivity contribution >= 4 is 22.8 Å². The van der Waals surface area contributed by atoms with Crippen LogP contribution in [0.2, 0.25) is 0 Å². The number of fused-ring (bicyclic) bond motifs is 1. The molecule has 0 radical (unpaired) electrons. The fraction of sp³-hybridized carbons (Fsp3) is 0.222. The highest BCUT2D eigenvalue weighted by atomic mass is 16.5. The molecule has 35 heavy (non-hydrogen) atoms. The number of imidazole rings is 1. The van der Waals surface area contributed by atoms with Gasteiger partial charge < -0.3 is 19.5 Å².